The van der Waals surface area contributed by atoms with Crippen LogP contribution in [-0.4, -0.2) is 85.2 Å². The predicted octanol–water partition coefficient (Wildman–Crippen LogP) is 3.17. The maximum atomic E-state index is 12.6. The molecule has 168 valence electrons. The van der Waals surface area contributed by atoms with E-state index in [9.17, 15) is 20.4 Å². The van der Waals surface area contributed by atoms with Crippen molar-refractivity contribution in [3.05, 3.63) is 0 Å². The van der Waals surface area contributed by atoms with Crippen LogP contribution in [0.1, 0.15) is 0 Å². The van der Waals surface area contributed by atoms with Gasteiger partial charge >= 0.3 is 0 Å². The molecule has 10 heteroatoms. The molecule has 0 spiro atoms. The maximum absolute atomic E-state index is 12.6. The molecule has 1 saturated heterocycles. The van der Waals surface area contributed by atoms with Gasteiger partial charge in [-0.1, -0.05) is 94.5 Å². The lowest BCUT2D eigenvalue weighted by atomic mass is 9.96. The fourth-order valence-electron chi connectivity index (χ4n) is 4.74. The van der Waals surface area contributed by atoms with Gasteiger partial charge < -0.3 is 25.2 Å². The lowest BCUT2D eigenvalue weighted by Crippen LogP contribution is -2.95. The molecule has 6 atom stereocenters. The number of hydrogen-bond donors (Lipinski definition) is 4. The maximum Gasteiger partial charge on any atom is 0.141 e. The summed E-state index contributed by atoms with van der Waals surface area (Å²) in [5, 5.41) is 42.7. The first-order valence-corrected chi connectivity index (χ1v) is 25.1. The van der Waals surface area contributed by atoms with Crippen LogP contribution >= 0.6 is 15.9 Å². The second kappa shape index (κ2) is 7.34. The number of hydrogen-bond acceptors (Lipinski definition) is 5. The molecule has 4 N–H and O–H groups in total. The van der Waals surface area contributed by atoms with Crippen LogP contribution < -0.4 is 0 Å². The predicted molar refractivity (Wildman–Crippen MR) is 132 cm³/mol. The summed E-state index contributed by atoms with van der Waals surface area (Å²) in [6.07, 6.45) is -0.955. The van der Waals surface area contributed by atoms with Crippen molar-refractivity contribution in [2.45, 2.75) is 111 Å². The third kappa shape index (κ3) is 3.57. The molecular weight excluding hydrogens is 488 g/mol. The van der Waals surface area contributed by atoms with Gasteiger partial charge in [-0.15, -0.1) is 0 Å². The van der Waals surface area contributed by atoms with Crippen LogP contribution in [0.25, 0.3) is 0 Å². The van der Waals surface area contributed by atoms with Gasteiger partial charge in [0.25, 0.3) is 0 Å². The Hall–Kier alpha value is 1.15. The van der Waals surface area contributed by atoms with Crippen molar-refractivity contribution in [3.63, 3.8) is 0 Å². The summed E-state index contributed by atoms with van der Waals surface area (Å²) in [5.41, 5.74) is -0.877. The van der Waals surface area contributed by atoms with Crippen molar-refractivity contribution >= 4 is 48.2 Å². The largest absolute Gasteiger partial charge is 0.394 e. The van der Waals surface area contributed by atoms with Crippen LogP contribution in [0.4, 0.5) is 0 Å². The fourth-order valence-corrected chi connectivity index (χ4v) is 20.5. The summed E-state index contributed by atoms with van der Waals surface area (Å²) in [7, 11) is -9.91. The van der Waals surface area contributed by atoms with Gasteiger partial charge in [-0.25, -0.2) is 0 Å². The van der Waals surface area contributed by atoms with Crippen molar-refractivity contribution in [2.24, 2.45) is 0 Å². The van der Waals surface area contributed by atoms with Crippen LogP contribution in [-0.2, 0) is 4.74 Å². The Bertz CT molecular complexity index is 595. The molecule has 1 unspecified atom stereocenters. The van der Waals surface area contributed by atoms with Crippen LogP contribution in [0.15, 0.2) is 0 Å². The summed E-state index contributed by atoms with van der Waals surface area (Å²) in [4.78, 5) is 0. The van der Waals surface area contributed by atoms with Gasteiger partial charge in [0.2, 0.25) is 0 Å². The van der Waals surface area contributed by atoms with Gasteiger partial charge in [-0.2, -0.15) is 0 Å². The Labute approximate surface area is 184 Å². The number of aliphatic hydroxyl groups is 4. The van der Waals surface area contributed by atoms with E-state index < -0.39 is 64.8 Å². The molecule has 0 aromatic carbocycles. The third-order valence-electron chi connectivity index (χ3n) is 6.66. The molecule has 0 aromatic heterocycles. The monoisotopic (exact) mass is 530 g/mol. The van der Waals surface area contributed by atoms with E-state index in [4.69, 9.17) is 4.74 Å². The van der Waals surface area contributed by atoms with E-state index in [2.05, 4.69) is 15.9 Å². The Kier molecular flexibility index (Phi) is 7.13. The van der Waals surface area contributed by atoms with Gasteiger partial charge in [-0.05, 0) is 0 Å². The van der Waals surface area contributed by atoms with Crippen molar-refractivity contribution in [2.75, 3.05) is 0 Å². The van der Waals surface area contributed by atoms with E-state index in [0.29, 0.717) is 0 Å². The average Bonchev–Trinajstić information content (AvgIpc) is 2.43. The van der Waals surface area contributed by atoms with Gasteiger partial charge in [0.15, 0.2) is 0 Å². The molecule has 0 aromatic rings. The Morgan fingerprint density at radius 2 is 1.07 bits per heavy atom. The molecule has 28 heavy (non-hydrogen) atoms. The molecule has 0 radical (unpaired) electrons. The second-order valence-corrected chi connectivity index (χ2v) is 34.6. The van der Waals surface area contributed by atoms with Gasteiger partial charge in [0.05, 0.1) is 38.0 Å². The average molecular weight is 532 g/mol. The normalized spacial score (nSPS) is 39.8. The minimum Gasteiger partial charge on any atom is -0.394 e. The standard InChI is InChI=1S/C18H43BrO5Si4/c1-25(2,3)14(20)13-16(21,26(4,5)6)18(23,28(10,11)12)17(22,15(19)24-13)27(7,8)9/h13-15,20-23H,1-12H3/t13-,14?,15+,16+,17-,18-/m1/s1. The molecular formula is C18H43BrO5Si4. The first-order valence-electron chi connectivity index (χ1n) is 10.1. The molecule has 1 heterocycles. The quantitative estimate of drug-likeness (QED) is 0.323. The number of alkyl halides is 1. The molecule has 0 aliphatic carbocycles. The third-order valence-corrected chi connectivity index (χ3v) is 19.3. The van der Waals surface area contributed by atoms with E-state index in [1.54, 1.807) is 0 Å². The highest BCUT2D eigenvalue weighted by molar-refractivity contribution is 9.09. The van der Waals surface area contributed by atoms with Crippen LogP contribution in [0.2, 0.25) is 78.6 Å². The Balaban J connectivity index is 4.08. The van der Waals surface area contributed by atoms with E-state index >= 15 is 0 Å². The molecule has 1 rings (SSSR count). The summed E-state index contributed by atoms with van der Waals surface area (Å²) in [5.74, 6) is 0. The summed E-state index contributed by atoms with van der Waals surface area (Å²) >= 11 is 3.54. The topological polar surface area (TPSA) is 90.2 Å². The van der Waals surface area contributed by atoms with Crippen LogP contribution in [0, 0.1) is 0 Å². The van der Waals surface area contributed by atoms with E-state index in [1.165, 1.54) is 0 Å². The highest BCUT2D eigenvalue weighted by Crippen LogP contribution is 2.57. The second-order valence-electron chi connectivity index (χ2n) is 12.7. The van der Waals surface area contributed by atoms with Crippen LogP contribution in [0.5, 0.6) is 0 Å². The van der Waals surface area contributed by atoms with Gasteiger partial charge in [0.1, 0.15) is 26.8 Å². The number of halogens is 1. The van der Waals surface area contributed by atoms with Crippen molar-refractivity contribution in [1.82, 2.24) is 0 Å². The fraction of sp³-hybridized carbons (Fsp3) is 1.00. The van der Waals surface area contributed by atoms with E-state index in [-0.39, 0.29) is 0 Å². The minimum absolute atomic E-state index is 0.865. The zero-order chi connectivity index (χ0) is 22.9. The highest BCUT2D eigenvalue weighted by atomic mass is 79.9. The summed E-state index contributed by atoms with van der Waals surface area (Å²) in [6, 6.07) is 0. The van der Waals surface area contributed by atoms with E-state index in [1.807, 2.05) is 78.6 Å². The number of aliphatic hydroxyl groups excluding tert-OH is 1. The van der Waals surface area contributed by atoms with Crippen molar-refractivity contribution in [1.29, 1.82) is 0 Å². The molecule has 0 saturated carbocycles. The zero-order valence-corrected chi connectivity index (χ0v) is 25.4. The van der Waals surface area contributed by atoms with Crippen LogP contribution in [0.3, 0.4) is 0 Å². The summed E-state index contributed by atoms with van der Waals surface area (Å²) < 4.78 is 6.28. The zero-order valence-electron chi connectivity index (χ0n) is 19.8. The molecule has 0 bridgehead atoms. The molecule has 1 fully saturated rings. The number of ether oxygens (including phenoxy) is 1. The minimum atomic E-state index is -2.64. The Morgan fingerprint density at radius 1 is 0.714 bits per heavy atom. The van der Waals surface area contributed by atoms with Crippen molar-refractivity contribution < 1.29 is 25.2 Å². The highest BCUT2D eigenvalue weighted by Gasteiger charge is 2.81. The first kappa shape index (κ1) is 27.2. The lowest BCUT2D eigenvalue weighted by Gasteiger charge is -2.71. The summed E-state index contributed by atoms with van der Waals surface area (Å²) in [6.45, 7) is 24.0. The molecule has 1 aliphatic heterocycles. The van der Waals surface area contributed by atoms with Gasteiger partial charge in [-0.3, -0.25) is 0 Å². The number of rotatable bonds is 5. The SMILES string of the molecule is C[Si](C)(C)C(O)[C@H]1O[C@H](Br)[C@@](O)([Si](C)(C)C)[C@](O)([Si](C)(C)C)[C@@]1(O)[Si](C)(C)C. The van der Waals surface area contributed by atoms with E-state index in [0.717, 1.165) is 0 Å². The first-order chi connectivity index (χ1) is 11.9. The van der Waals surface area contributed by atoms with Gasteiger partial charge in [0, 0.05) is 0 Å². The molecule has 0 amide bonds. The Morgan fingerprint density at radius 3 is 1.32 bits per heavy atom. The lowest BCUT2D eigenvalue weighted by molar-refractivity contribution is -0.272. The molecule has 1 aliphatic rings. The van der Waals surface area contributed by atoms with Crippen molar-refractivity contribution in [3.8, 4) is 0 Å². The molecule has 5 nitrogen and oxygen atoms in total. The smallest absolute Gasteiger partial charge is 0.141 e.